The topological polar surface area (TPSA) is 15.3 Å². The van der Waals surface area contributed by atoms with Gasteiger partial charge >= 0.3 is 0 Å². The number of hydrogen-bond donors (Lipinski definition) is 1. The van der Waals surface area contributed by atoms with Gasteiger partial charge in [-0.3, -0.25) is 0 Å². The summed E-state index contributed by atoms with van der Waals surface area (Å²) in [5, 5.41) is 3.68. The van der Waals surface area contributed by atoms with Crippen molar-refractivity contribution in [3.63, 3.8) is 0 Å². The Morgan fingerprint density at radius 1 is 1.14 bits per heavy atom. The van der Waals surface area contributed by atoms with Gasteiger partial charge in [0.25, 0.3) is 0 Å². The second kappa shape index (κ2) is 4.74. The van der Waals surface area contributed by atoms with Crippen LogP contribution in [0.15, 0.2) is 18.2 Å². The Hall–Kier alpha value is -1.02. The van der Waals surface area contributed by atoms with Gasteiger partial charge in [-0.1, -0.05) is 24.1 Å². The zero-order chi connectivity index (χ0) is 14.7. The van der Waals surface area contributed by atoms with Crippen LogP contribution in [0.2, 0.25) is 0 Å². The lowest BCUT2D eigenvalue weighted by molar-refractivity contribution is 0.0887. The maximum Gasteiger partial charge on any atom is 0.0379 e. The molecule has 2 nitrogen and oxygen atoms in total. The fourth-order valence-corrected chi connectivity index (χ4v) is 6.00. The van der Waals surface area contributed by atoms with Crippen LogP contribution < -0.4 is 5.32 Å². The highest BCUT2D eigenvalue weighted by molar-refractivity contribution is 5.61. The van der Waals surface area contributed by atoms with E-state index < -0.39 is 0 Å². The average Bonchev–Trinajstić information content (AvgIpc) is 3.24. The molecule has 118 valence electrons. The molecule has 1 aromatic carbocycles. The number of nitrogens with zero attached hydrogens (tertiary/aromatic N) is 1. The Morgan fingerprint density at radius 2 is 2.00 bits per heavy atom. The molecule has 2 aliphatic carbocycles. The zero-order valence-corrected chi connectivity index (χ0v) is 13.8. The first-order valence-electron chi connectivity index (χ1n) is 9.33. The quantitative estimate of drug-likeness (QED) is 0.844. The predicted octanol–water partition coefficient (Wildman–Crippen LogP) is 3.94. The van der Waals surface area contributed by atoms with E-state index in [0.29, 0.717) is 5.41 Å². The van der Waals surface area contributed by atoms with Crippen LogP contribution in [0.25, 0.3) is 0 Å². The van der Waals surface area contributed by atoms with Crippen molar-refractivity contribution in [2.45, 2.75) is 56.9 Å². The highest BCUT2D eigenvalue weighted by Crippen LogP contribution is 2.49. The maximum absolute atomic E-state index is 3.68. The number of fused-ring (bicyclic) bond motifs is 4. The van der Waals surface area contributed by atoms with Crippen molar-refractivity contribution < 1.29 is 0 Å². The van der Waals surface area contributed by atoms with Crippen molar-refractivity contribution in [1.82, 2.24) is 4.90 Å². The molecule has 2 heteroatoms. The van der Waals surface area contributed by atoms with E-state index in [1.807, 2.05) is 0 Å². The van der Waals surface area contributed by atoms with Crippen LogP contribution in [0.3, 0.4) is 0 Å². The van der Waals surface area contributed by atoms with E-state index in [1.165, 1.54) is 62.9 Å². The first kappa shape index (κ1) is 13.4. The summed E-state index contributed by atoms with van der Waals surface area (Å²) in [7, 11) is 0. The highest BCUT2D eigenvalue weighted by atomic mass is 15.2. The van der Waals surface area contributed by atoms with Crippen molar-refractivity contribution >= 4 is 5.69 Å². The molecular formula is C20H28N2. The van der Waals surface area contributed by atoms with E-state index >= 15 is 0 Å². The summed E-state index contributed by atoms with van der Waals surface area (Å²) in [5.74, 6) is 2.11. The summed E-state index contributed by atoms with van der Waals surface area (Å²) >= 11 is 0. The van der Waals surface area contributed by atoms with Crippen LogP contribution in [-0.2, 0) is 5.41 Å². The van der Waals surface area contributed by atoms with E-state index in [9.17, 15) is 0 Å². The Labute approximate surface area is 134 Å². The smallest absolute Gasteiger partial charge is 0.0379 e. The standard InChI is InChI=1S/C20H28N2/c1-14-2-5-18-17(10-14)20(13-21-18)6-8-22(9-7-20)19-12-15-3-4-16(19)11-15/h2,5,10,15-16,19,21H,3-4,6-9,11-13H2,1H3/t15-,16+,19-/m1/s1. The molecule has 22 heavy (non-hydrogen) atoms. The molecule has 1 N–H and O–H groups in total. The molecule has 0 aromatic heterocycles. The predicted molar refractivity (Wildman–Crippen MR) is 91.4 cm³/mol. The number of rotatable bonds is 1. The third kappa shape index (κ3) is 1.89. The van der Waals surface area contributed by atoms with Crippen LogP contribution in [-0.4, -0.2) is 30.6 Å². The zero-order valence-electron chi connectivity index (χ0n) is 13.8. The first-order chi connectivity index (χ1) is 10.7. The maximum atomic E-state index is 3.68. The molecule has 0 amide bonds. The van der Waals surface area contributed by atoms with Gasteiger partial charge in [0, 0.05) is 23.7 Å². The van der Waals surface area contributed by atoms with E-state index in [1.54, 1.807) is 5.56 Å². The Bertz CT molecular complexity index is 585. The normalized spacial score (nSPS) is 35.8. The highest BCUT2D eigenvalue weighted by Gasteiger charge is 2.46. The largest absolute Gasteiger partial charge is 0.384 e. The molecule has 5 rings (SSSR count). The lowest BCUT2D eigenvalue weighted by Gasteiger charge is -2.44. The van der Waals surface area contributed by atoms with Gasteiger partial charge in [0.2, 0.25) is 0 Å². The molecule has 1 aromatic rings. The second-order valence-electron chi connectivity index (χ2n) is 8.46. The van der Waals surface area contributed by atoms with Gasteiger partial charge in [0.1, 0.15) is 0 Å². The lowest BCUT2D eigenvalue weighted by atomic mass is 9.73. The van der Waals surface area contributed by atoms with Crippen molar-refractivity contribution in [1.29, 1.82) is 0 Å². The molecule has 2 aliphatic heterocycles. The van der Waals surface area contributed by atoms with Crippen molar-refractivity contribution in [2.24, 2.45) is 11.8 Å². The number of benzene rings is 1. The molecule has 1 saturated heterocycles. The molecule has 2 saturated carbocycles. The minimum atomic E-state index is 0.426. The Kier molecular flexibility index (Phi) is 2.89. The van der Waals surface area contributed by atoms with Crippen LogP contribution in [0.1, 0.15) is 49.7 Å². The van der Waals surface area contributed by atoms with Crippen molar-refractivity contribution in [3.8, 4) is 0 Å². The third-order valence-electron chi connectivity index (χ3n) is 7.29. The average molecular weight is 296 g/mol. The molecule has 0 unspecified atom stereocenters. The summed E-state index contributed by atoms with van der Waals surface area (Å²) in [6.07, 6.45) is 8.78. The second-order valence-corrected chi connectivity index (χ2v) is 8.46. The number of aryl methyl sites for hydroxylation is 1. The molecular weight excluding hydrogens is 268 g/mol. The SMILES string of the molecule is Cc1ccc2c(c1)C1(CCN([C@@H]3C[C@@H]4CC[C@H]3C4)CC1)CN2. The van der Waals surface area contributed by atoms with Crippen LogP contribution >= 0.6 is 0 Å². The summed E-state index contributed by atoms with van der Waals surface area (Å²) in [4.78, 5) is 2.86. The van der Waals surface area contributed by atoms with Gasteiger partial charge in [-0.2, -0.15) is 0 Å². The van der Waals surface area contributed by atoms with Crippen LogP contribution in [0, 0.1) is 18.8 Å². The van der Waals surface area contributed by atoms with Gasteiger partial charge in [-0.25, -0.2) is 0 Å². The number of anilines is 1. The van der Waals surface area contributed by atoms with E-state index in [4.69, 9.17) is 0 Å². The molecule has 3 atom stereocenters. The number of nitrogens with one attached hydrogen (secondary N) is 1. The van der Waals surface area contributed by atoms with E-state index in [2.05, 4.69) is 35.3 Å². The molecule has 2 bridgehead atoms. The number of likely N-dealkylation sites (tertiary alicyclic amines) is 1. The number of piperidine rings is 1. The van der Waals surface area contributed by atoms with Gasteiger partial charge < -0.3 is 10.2 Å². The molecule has 0 radical (unpaired) electrons. The third-order valence-corrected chi connectivity index (χ3v) is 7.29. The van der Waals surface area contributed by atoms with E-state index in [-0.39, 0.29) is 0 Å². The summed E-state index contributed by atoms with van der Waals surface area (Å²) in [6, 6.07) is 7.92. The first-order valence-corrected chi connectivity index (χ1v) is 9.33. The Balaban J connectivity index is 1.34. The van der Waals surface area contributed by atoms with Gasteiger partial charge in [-0.15, -0.1) is 0 Å². The lowest BCUT2D eigenvalue weighted by Crippen LogP contribution is -2.49. The summed E-state index contributed by atoms with van der Waals surface area (Å²) in [5.41, 5.74) is 4.85. The molecule has 3 fully saturated rings. The van der Waals surface area contributed by atoms with E-state index in [0.717, 1.165) is 24.4 Å². The van der Waals surface area contributed by atoms with Crippen LogP contribution in [0.5, 0.6) is 0 Å². The molecule has 1 spiro atoms. The number of hydrogen-bond acceptors (Lipinski definition) is 2. The van der Waals surface area contributed by atoms with Gasteiger partial charge in [0.05, 0.1) is 0 Å². The molecule has 4 aliphatic rings. The Morgan fingerprint density at radius 3 is 2.73 bits per heavy atom. The van der Waals surface area contributed by atoms with Gasteiger partial charge in [-0.05, 0) is 75.6 Å². The van der Waals surface area contributed by atoms with Crippen molar-refractivity contribution in [3.05, 3.63) is 29.3 Å². The van der Waals surface area contributed by atoms with Crippen LogP contribution in [0.4, 0.5) is 5.69 Å². The minimum absolute atomic E-state index is 0.426. The summed E-state index contributed by atoms with van der Waals surface area (Å²) in [6.45, 7) is 6.04. The fourth-order valence-electron chi connectivity index (χ4n) is 6.00. The minimum Gasteiger partial charge on any atom is -0.384 e. The molecule has 2 heterocycles. The van der Waals surface area contributed by atoms with Crippen molar-refractivity contribution in [2.75, 3.05) is 25.0 Å². The summed E-state index contributed by atoms with van der Waals surface area (Å²) < 4.78 is 0. The monoisotopic (exact) mass is 296 g/mol. The fraction of sp³-hybridized carbons (Fsp3) is 0.700. The van der Waals surface area contributed by atoms with Gasteiger partial charge in [0.15, 0.2) is 0 Å².